The lowest BCUT2D eigenvalue weighted by atomic mass is 9.95. The Kier molecular flexibility index (Phi) is 7.92. The number of likely N-dealkylation sites (tertiary alicyclic amines) is 1. The van der Waals surface area contributed by atoms with Crippen molar-refractivity contribution in [3.05, 3.63) is 126 Å². The maximum atomic E-state index is 13.4. The number of benzene rings is 3. The molecule has 1 aliphatic rings. The Balaban J connectivity index is 1.55. The zero-order chi connectivity index (χ0) is 28.1. The summed E-state index contributed by atoms with van der Waals surface area (Å²) in [6, 6.07) is 27.9. The molecule has 5 rings (SSSR count). The quantitative estimate of drug-likeness (QED) is 0.149. The molecule has 4 aromatic rings. The highest BCUT2D eigenvalue weighted by atomic mass is 16.5. The van der Waals surface area contributed by atoms with Crippen molar-refractivity contribution in [2.45, 2.75) is 26.4 Å². The summed E-state index contributed by atoms with van der Waals surface area (Å²) in [6.07, 6.45) is 1.64. The van der Waals surface area contributed by atoms with Gasteiger partial charge in [-0.25, -0.2) is 0 Å². The third-order valence-electron chi connectivity index (χ3n) is 6.46. The number of carbonyl (C=O) groups excluding carboxylic acids is 2. The second kappa shape index (κ2) is 11.9. The third-order valence-corrected chi connectivity index (χ3v) is 6.46. The fourth-order valence-corrected chi connectivity index (χ4v) is 4.56. The summed E-state index contributed by atoms with van der Waals surface area (Å²) in [5.74, 6) is 0.502. The number of ether oxygens (including phenoxy) is 2. The molecular weight excluding hydrogens is 504 g/mol. The van der Waals surface area contributed by atoms with Crippen molar-refractivity contribution in [2.75, 3.05) is 6.61 Å². The van der Waals surface area contributed by atoms with E-state index in [4.69, 9.17) is 9.47 Å². The molecule has 1 amide bonds. The van der Waals surface area contributed by atoms with Gasteiger partial charge in [-0.3, -0.25) is 14.6 Å². The Morgan fingerprint density at radius 2 is 1.60 bits per heavy atom. The first-order chi connectivity index (χ1) is 19.4. The van der Waals surface area contributed by atoms with Crippen molar-refractivity contribution in [3.8, 4) is 17.2 Å². The van der Waals surface area contributed by atoms with E-state index in [0.29, 0.717) is 46.6 Å². The minimum atomic E-state index is -0.849. The van der Waals surface area contributed by atoms with Crippen LogP contribution in [0.3, 0.4) is 0 Å². The van der Waals surface area contributed by atoms with E-state index in [0.717, 1.165) is 0 Å². The summed E-state index contributed by atoms with van der Waals surface area (Å²) in [6.45, 7) is 4.78. The number of hydrogen-bond donors (Lipinski definition) is 1. The first-order valence-electron chi connectivity index (χ1n) is 13.1. The number of para-hydroxylation sites is 1. The Morgan fingerprint density at radius 1 is 0.875 bits per heavy atom. The number of rotatable bonds is 9. The number of amides is 1. The SMILES string of the molecule is CC(C)COc1ccc(/C(O)=C2/C(=O)C(=O)N(Cc3ccccn3)C2c2cccc(Oc3ccccc3)c2)cc1. The van der Waals surface area contributed by atoms with Crippen molar-refractivity contribution >= 4 is 17.4 Å². The van der Waals surface area contributed by atoms with Gasteiger partial charge >= 0.3 is 0 Å². The molecule has 0 saturated carbocycles. The molecule has 202 valence electrons. The molecule has 0 bridgehead atoms. The van der Waals surface area contributed by atoms with Gasteiger partial charge < -0.3 is 19.5 Å². The third kappa shape index (κ3) is 5.89. The number of pyridine rings is 1. The second-order valence-corrected chi connectivity index (χ2v) is 9.96. The van der Waals surface area contributed by atoms with Gasteiger partial charge in [-0.15, -0.1) is 0 Å². The summed E-state index contributed by atoms with van der Waals surface area (Å²) < 4.78 is 11.8. The first kappa shape index (κ1) is 26.7. The summed E-state index contributed by atoms with van der Waals surface area (Å²) >= 11 is 0. The van der Waals surface area contributed by atoms with Crippen LogP contribution in [0, 0.1) is 5.92 Å². The first-order valence-corrected chi connectivity index (χ1v) is 13.1. The van der Waals surface area contributed by atoms with Gasteiger partial charge in [0.1, 0.15) is 23.0 Å². The molecular formula is C33H30N2O5. The maximum Gasteiger partial charge on any atom is 0.296 e. The zero-order valence-corrected chi connectivity index (χ0v) is 22.4. The smallest absolute Gasteiger partial charge is 0.296 e. The predicted molar refractivity (Wildman–Crippen MR) is 152 cm³/mol. The van der Waals surface area contributed by atoms with Gasteiger partial charge in [-0.1, -0.05) is 50.2 Å². The average Bonchev–Trinajstić information content (AvgIpc) is 3.22. The van der Waals surface area contributed by atoms with Crippen molar-refractivity contribution in [3.63, 3.8) is 0 Å². The molecule has 0 aliphatic carbocycles. The second-order valence-electron chi connectivity index (χ2n) is 9.96. The highest BCUT2D eigenvalue weighted by Gasteiger charge is 2.46. The average molecular weight is 535 g/mol. The van der Waals surface area contributed by atoms with Crippen LogP contribution in [0.25, 0.3) is 5.76 Å². The van der Waals surface area contributed by atoms with Crippen LogP contribution in [0.2, 0.25) is 0 Å². The van der Waals surface area contributed by atoms with Crippen molar-refractivity contribution in [1.82, 2.24) is 9.88 Å². The summed E-state index contributed by atoms with van der Waals surface area (Å²) in [4.78, 5) is 32.6. The topological polar surface area (TPSA) is 89.0 Å². The van der Waals surface area contributed by atoms with Gasteiger partial charge in [0.05, 0.1) is 30.5 Å². The molecule has 1 fully saturated rings. The van der Waals surface area contributed by atoms with Gasteiger partial charge in [0.15, 0.2) is 0 Å². The normalized spacial score (nSPS) is 16.4. The molecule has 1 N–H and O–H groups in total. The fourth-order valence-electron chi connectivity index (χ4n) is 4.56. The van der Waals surface area contributed by atoms with E-state index in [9.17, 15) is 14.7 Å². The van der Waals surface area contributed by atoms with Crippen LogP contribution in [0.4, 0.5) is 0 Å². The number of carbonyl (C=O) groups is 2. The van der Waals surface area contributed by atoms with Crippen molar-refractivity contribution in [2.24, 2.45) is 5.92 Å². The van der Waals surface area contributed by atoms with Crippen LogP contribution in [-0.4, -0.2) is 33.3 Å². The number of aromatic nitrogens is 1. The molecule has 7 nitrogen and oxygen atoms in total. The number of aliphatic hydroxyl groups is 1. The molecule has 1 saturated heterocycles. The van der Waals surface area contributed by atoms with E-state index in [1.807, 2.05) is 42.5 Å². The van der Waals surface area contributed by atoms with Gasteiger partial charge in [0.25, 0.3) is 11.7 Å². The number of aliphatic hydroxyl groups excluding tert-OH is 1. The number of ketones is 1. The van der Waals surface area contributed by atoms with E-state index in [1.165, 1.54) is 4.90 Å². The van der Waals surface area contributed by atoms with Crippen LogP contribution >= 0.6 is 0 Å². The standard InChI is InChI=1S/C33H30N2O5/c1-22(2)21-39-26-16-14-23(15-17-26)31(36)29-30(35(33(38)32(29)37)20-25-10-6-7-18-34-25)24-9-8-13-28(19-24)40-27-11-4-3-5-12-27/h3-19,22,30,36H,20-21H2,1-2H3/b31-29-. The summed E-state index contributed by atoms with van der Waals surface area (Å²) in [7, 11) is 0. The van der Waals surface area contributed by atoms with Crippen molar-refractivity contribution < 1.29 is 24.2 Å². The van der Waals surface area contributed by atoms with Gasteiger partial charge in [0, 0.05) is 11.8 Å². The Labute approximate surface area is 233 Å². The lowest BCUT2D eigenvalue weighted by molar-refractivity contribution is -0.140. The molecule has 1 unspecified atom stereocenters. The van der Waals surface area contributed by atoms with E-state index >= 15 is 0 Å². The predicted octanol–water partition coefficient (Wildman–Crippen LogP) is 6.53. The van der Waals surface area contributed by atoms with Crippen LogP contribution in [0.1, 0.15) is 36.7 Å². The van der Waals surface area contributed by atoms with Crippen LogP contribution in [0.5, 0.6) is 17.2 Å². The van der Waals surface area contributed by atoms with Crippen molar-refractivity contribution in [1.29, 1.82) is 0 Å². The lowest BCUT2D eigenvalue weighted by Gasteiger charge is -2.25. The number of Topliss-reactive ketones (excluding diaryl/α,β-unsaturated/α-hetero) is 1. The van der Waals surface area contributed by atoms with Gasteiger partial charge in [-0.05, 0) is 72.1 Å². The molecule has 7 heteroatoms. The fraction of sp³-hybridized carbons (Fsp3) is 0.182. The minimum Gasteiger partial charge on any atom is -0.507 e. The lowest BCUT2D eigenvalue weighted by Crippen LogP contribution is -2.29. The van der Waals surface area contributed by atoms with E-state index in [2.05, 4.69) is 18.8 Å². The van der Waals surface area contributed by atoms with E-state index in [-0.39, 0.29) is 17.9 Å². The maximum absolute atomic E-state index is 13.4. The molecule has 0 radical (unpaired) electrons. The van der Waals surface area contributed by atoms with E-state index in [1.54, 1.807) is 60.8 Å². The van der Waals surface area contributed by atoms with Gasteiger partial charge in [-0.2, -0.15) is 0 Å². The summed E-state index contributed by atoms with van der Waals surface area (Å²) in [5.41, 5.74) is 1.67. The largest absolute Gasteiger partial charge is 0.507 e. The highest BCUT2D eigenvalue weighted by molar-refractivity contribution is 6.46. The molecule has 40 heavy (non-hydrogen) atoms. The monoisotopic (exact) mass is 534 g/mol. The van der Waals surface area contributed by atoms with Crippen LogP contribution < -0.4 is 9.47 Å². The summed E-state index contributed by atoms with van der Waals surface area (Å²) in [5, 5.41) is 11.4. The van der Waals surface area contributed by atoms with Crippen LogP contribution in [0.15, 0.2) is 109 Å². The number of nitrogens with zero attached hydrogens (tertiary/aromatic N) is 2. The zero-order valence-electron chi connectivity index (χ0n) is 22.4. The Morgan fingerprint density at radius 3 is 2.30 bits per heavy atom. The van der Waals surface area contributed by atoms with Crippen LogP contribution in [-0.2, 0) is 16.1 Å². The Hall–Kier alpha value is -4.91. The minimum absolute atomic E-state index is 0.00800. The highest BCUT2D eigenvalue weighted by Crippen LogP contribution is 2.41. The molecule has 2 heterocycles. The molecule has 1 aliphatic heterocycles. The molecule has 1 aromatic heterocycles. The van der Waals surface area contributed by atoms with E-state index < -0.39 is 17.7 Å². The molecule has 1 atom stereocenters. The molecule has 3 aromatic carbocycles. The Bertz CT molecular complexity index is 1520. The molecule has 0 spiro atoms. The van der Waals surface area contributed by atoms with Gasteiger partial charge in [0.2, 0.25) is 0 Å². The number of hydrogen-bond acceptors (Lipinski definition) is 6.